The van der Waals surface area contributed by atoms with Crippen molar-refractivity contribution in [3.63, 3.8) is 0 Å². The van der Waals surface area contributed by atoms with E-state index in [2.05, 4.69) is 17.1 Å². The van der Waals surface area contributed by atoms with Gasteiger partial charge in [-0.05, 0) is 18.2 Å². The average Bonchev–Trinajstić information content (AvgIpc) is 2.61. The number of thioether (sulfide) groups is 1. The van der Waals surface area contributed by atoms with Crippen molar-refractivity contribution in [2.75, 3.05) is 0 Å². The van der Waals surface area contributed by atoms with E-state index in [-0.39, 0.29) is 0 Å². The Balaban J connectivity index is 2.24. The fraction of sp³-hybridized carbons (Fsp3) is 0.273. The lowest BCUT2D eigenvalue weighted by Crippen LogP contribution is -2.03. The Bertz CT molecular complexity index is 538. The maximum absolute atomic E-state index is 6.02. The molecular weight excluding hydrogens is 242 g/mol. The number of rotatable bonds is 0. The van der Waals surface area contributed by atoms with Crippen LogP contribution in [-0.2, 0) is 6.42 Å². The molecular formula is C11H10ClN3S. The molecule has 0 radical (unpaired) electrons. The molecule has 82 valence electrons. The molecule has 16 heavy (non-hydrogen) atoms. The largest absolute Gasteiger partial charge is 0.284 e. The molecule has 1 atom stereocenters. The van der Waals surface area contributed by atoms with Crippen LogP contribution in [0.5, 0.6) is 0 Å². The van der Waals surface area contributed by atoms with Gasteiger partial charge in [0, 0.05) is 21.6 Å². The number of nitrogens with zero attached hydrogens (tertiary/aromatic N) is 3. The molecule has 5 heteroatoms. The van der Waals surface area contributed by atoms with Gasteiger partial charge < -0.3 is 0 Å². The van der Waals surface area contributed by atoms with E-state index in [0.717, 1.165) is 23.0 Å². The first-order valence-electron chi connectivity index (χ1n) is 5.09. The van der Waals surface area contributed by atoms with E-state index in [1.54, 1.807) is 6.33 Å². The van der Waals surface area contributed by atoms with E-state index in [9.17, 15) is 0 Å². The van der Waals surface area contributed by atoms with Gasteiger partial charge in [0.15, 0.2) is 0 Å². The summed E-state index contributed by atoms with van der Waals surface area (Å²) in [7, 11) is 0. The van der Waals surface area contributed by atoms with E-state index in [0.29, 0.717) is 5.25 Å². The first-order chi connectivity index (χ1) is 7.74. The first kappa shape index (κ1) is 10.2. The smallest absolute Gasteiger partial charge is 0.138 e. The fourth-order valence-corrected chi connectivity index (χ4v) is 3.28. The number of benzene rings is 1. The Morgan fingerprint density at radius 2 is 2.38 bits per heavy atom. The van der Waals surface area contributed by atoms with Crippen LogP contribution in [0.1, 0.15) is 12.7 Å². The highest BCUT2D eigenvalue weighted by molar-refractivity contribution is 8.00. The van der Waals surface area contributed by atoms with Crippen LogP contribution in [0.4, 0.5) is 0 Å². The fourth-order valence-electron chi connectivity index (χ4n) is 1.90. The Morgan fingerprint density at radius 1 is 1.50 bits per heavy atom. The molecule has 1 aliphatic rings. The maximum atomic E-state index is 6.02. The number of hydrogen-bond donors (Lipinski definition) is 0. The summed E-state index contributed by atoms with van der Waals surface area (Å²) in [6.07, 6.45) is 2.69. The van der Waals surface area contributed by atoms with Gasteiger partial charge in [0.1, 0.15) is 12.2 Å². The molecule has 0 N–H and O–H groups in total. The number of halogens is 1. The molecule has 0 aliphatic carbocycles. The Hall–Kier alpha value is -1.000. The third-order valence-corrected chi connectivity index (χ3v) is 3.98. The summed E-state index contributed by atoms with van der Waals surface area (Å²) in [4.78, 5) is 1.19. The van der Waals surface area contributed by atoms with E-state index in [1.165, 1.54) is 4.90 Å². The predicted octanol–water partition coefficient (Wildman–Crippen LogP) is 2.96. The predicted molar refractivity (Wildman–Crippen MR) is 65.4 cm³/mol. The van der Waals surface area contributed by atoms with Crippen LogP contribution in [0.3, 0.4) is 0 Å². The molecule has 2 heterocycles. The summed E-state index contributed by atoms with van der Waals surface area (Å²) in [5.41, 5.74) is 1.12. The summed E-state index contributed by atoms with van der Waals surface area (Å²) >= 11 is 7.86. The summed E-state index contributed by atoms with van der Waals surface area (Å²) in [5.74, 6) is 1.01. The van der Waals surface area contributed by atoms with Crippen molar-refractivity contribution in [2.24, 2.45) is 0 Å². The van der Waals surface area contributed by atoms with Crippen molar-refractivity contribution in [1.29, 1.82) is 0 Å². The molecule has 1 aliphatic heterocycles. The molecule has 2 aromatic rings. The minimum absolute atomic E-state index is 0.489. The third kappa shape index (κ3) is 1.62. The van der Waals surface area contributed by atoms with Crippen molar-refractivity contribution in [1.82, 2.24) is 14.8 Å². The van der Waals surface area contributed by atoms with Crippen molar-refractivity contribution in [3.8, 4) is 5.69 Å². The number of fused-ring (bicyclic) bond motifs is 3. The number of aromatic nitrogens is 3. The third-order valence-electron chi connectivity index (χ3n) is 2.60. The van der Waals surface area contributed by atoms with E-state index in [4.69, 9.17) is 11.6 Å². The monoisotopic (exact) mass is 251 g/mol. The van der Waals surface area contributed by atoms with E-state index in [1.807, 2.05) is 34.5 Å². The topological polar surface area (TPSA) is 30.7 Å². The molecule has 0 fully saturated rings. The molecule has 0 saturated heterocycles. The van der Waals surface area contributed by atoms with Crippen LogP contribution in [0.2, 0.25) is 5.02 Å². The van der Waals surface area contributed by atoms with Gasteiger partial charge in [-0.2, -0.15) is 0 Å². The molecule has 1 unspecified atom stereocenters. The molecule has 0 spiro atoms. The normalized spacial score (nSPS) is 18.8. The molecule has 0 saturated carbocycles. The zero-order chi connectivity index (χ0) is 11.1. The Labute approximate surface area is 103 Å². The van der Waals surface area contributed by atoms with Crippen molar-refractivity contribution in [2.45, 2.75) is 23.5 Å². The standard InChI is InChI=1S/C11H10ClN3S/c1-7-4-11-14-13-6-15(11)9-3-2-8(12)5-10(9)16-7/h2-3,5-7H,4H2,1H3. The highest BCUT2D eigenvalue weighted by Gasteiger charge is 2.20. The van der Waals surface area contributed by atoms with Crippen molar-refractivity contribution < 1.29 is 0 Å². The van der Waals surface area contributed by atoms with Gasteiger partial charge in [-0.3, -0.25) is 4.57 Å². The summed E-state index contributed by atoms with van der Waals surface area (Å²) in [5, 5.41) is 9.39. The zero-order valence-corrected chi connectivity index (χ0v) is 10.3. The summed E-state index contributed by atoms with van der Waals surface area (Å²) < 4.78 is 2.04. The van der Waals surface area contributed by atoms with Gasteiger partial charge in [-0.25, -0.2) is 0 Å². The van der Waals surface area contributed by atoms with Gasteiger partial charge in [-0.1, -0.05) is 18.5 Å². The lowest BCUT2D eigenvalue weighted by atomic mass is 10.3. The minimum atomic E-state index is 0.489. The van der Waals surface area contributed by atoms with Crippen LogP contribution >= 0.6 is 23.4 Å². The van der Waals surface area contributed by atoms with Gasteiger partial charge >= 0.3 is 0 Å². The Morgan fingerprint density at radius 3 is 3.25 bits per heavy atom. The Kier molecular flexibility index (Phi) is 2.41. The SMILES string of the molecule is CC1Cc2nncn2-c2ccc(Cl)cc2S1. The van der Waals surface area contributed by atoms with Crippen molar-refractivity contribution in [3.05, 3.63) is 35.4 Å². The first-order valence-corrected chi connectivity index (χ1v) is 6.35. The molecule has 3 rings (SSSR count). The van der Waals surface area contributed by atoms with Gasteiger partial charge in [0.05, 0.1) is 5.69 Å². The second kappa shape index (κ2) is 3.79. The summed E-state index contributed by atoms with van der Waals surface area (Å²) in [6, 6.07) is 5.93. The average molecular weight is 252 g/mol. The molecule has 0 bridgehead atoms. The lowest BCUT2D eigenvalue weighted by molar-refractivity contribution is 0.823. The highest BCUT2D eigenvalue weighted by Crippen LogP contribution is 2.35. The second-order valence-corrected chi connectivity index (χ2v) is 5.78. The molecule has 3 nitrogen and oxygen atoms in total. The molecule has 0 amide bonds. The maximum Gasteiger partial charge on any atom is 0.138 e. The minimum Gasteiger partial charge on any atom is -0.284 e. The summed E-state index contributed by atoms with van der Waals surface area (Å²) in [6.45, 7) is 2.19. The highest BCUT2D eigenvalue weighted by atomic mass is 35.5. The molecule has 1 aromatic heterocycles. The van der Waals surface area contributed by atoms with Crippen LogP contribution in [0, 0.1) is 0 Å². The second-order valence-electron chi connectivity index (χ2n) is 3.86. The van der Waals surface area contributed by atoms with Crippen LogP contribution in [-0.4, -0.2) is 20.0 Å². The van der Waals surface area contributed by atoms with Gasteiger partial charge in [-0.15, -0.1) is 22.0 Å². The van der Waals surface area contributed by atoms with E-state index < -0.39 is 0 Å². The zero-order valence-electron chi connectivity index (χ0n) is 8.72. The van der Waals surface area contributed by atoms with Crippen LogP contribution in [0.15, 0.2) is 29.4 Å². The quantitative estimate of drug-likeness (QED) is 0.721. The van der Waals surface area contributed by atoms with Crippen LogP contribution in [0.25, 0.3) is 5.69 Å². The number of hydrogen-bond acceptors (Lipinski definition) is 3. The van der Waals surface area contributed by atoms with Gasteiger partial charge in [0.25, 0.3) is 0 Å². The van der Waals surface area contributed by atoms with E-state index >= 15 is 0 Å². The van der Waals surface area contributed by atoms with Crippen molar-refractivity contribution >= 4 is 23.4 Å². The lowest BCUT2D eigenvalue weighted by Gasteiger charge is -2.08. The van der Waals surface area contributed by atoms with Crippen LogP contribution < -0.4 is 0 Å². The van der Waals surface area contributed by atoms with Gasteiger partial charge in [0.2, 0.25) is 0 Å². The molecule has 1 aromatic carbocycles.